The predicted octanol–water partition coefficient (Wildman–Crippen LogP) is 4.41. The number of amides is 2. The molecule has 0 aromatic heterocycles. The number of hydrogen-bond donors (Lipinski definition) is 3. The van der Waals surface area contributed by atoms with E-state index in [4.69, 9.17) is 9.47 Å². The number of carbonyl (C=O) groups is 2. The molecule has 12 heteroatoms. The Bertz CT molecular complexity index is 1480. The SMILES string of the molecule is CCCCN1C(=O)[C@@H](CC2(O)CCCCC2)NC(=O)C12CCN(Cc1ccc(Oc3ccc(NS(C)(=O)=O)cc3OC)cc1)CC2. The number of hydrogen-bond acceptors (Lipinski definition) is 8. The summed E-state index contributed by atoms with van der Waals surface area (Å²) in [5, 5.41) is 14.2. The molecule has 0 unspecified atom stereocenters. The number of piperidine rings is 1. The highest BCUT2D eigenvalue weighted by Crippen LogP contribution is 2.38. The maximum absolute atomic E-state index is 13.9. The summed E-state index contributed by atoms with van der Waals surface area (Å²) in [7, 11) is -1.92. The van der Waals surface area contributed by atoms with Gasteiger partial charge in [-0.05, 0) is 61.9 Å². The first-order valence-corrected chi connectivity index (χ1v) is 18.3. The fourth-order valence-electron chi connectivity index (χ4n) is 7.10. The lowest BCUT2D eigenvalue weighted by atomic mass is 9.77. The monoisotopic (exact) mass is 656 g/mol. The third kappa shape index (κ3) is 7.95. The molecule has 1 saturated carbocycles. The van der Waals surface area contributed by atoms with Crippen molar-refractivity contribution in [1.29, 1.82) is 0 Å². The van der Waals surface area contributed by atoms with Crippen LogP contribution in [0.4, 0.5) is 5.69 Å². The lowest BCUT2D eigenvalue weighted by molar-refractivity contribution is -0.163. The average Bonchev–Trinajstić information content (AvgIpc) is 3.02. The smallest absolute Gasteiger partial charge is 0.246 e. The third-order valence-electron chi connectivity index (χ3n) is 9.62. The Kier molecular flexibility index (Phi) is 10.5. The van der Waals surface area contributed by atoms with Crippen LogP contribution in [0.15, 0.2) is 42.5 Å². The van der Waals surface area contributed by atoms with Crippen molar-refractivity contribution < 1.29 is 32.6 Å². The second-order valence-corrected chi connectivity index (χ2v) is 14.9. The van der Waals surface area contributed by atoms with E-state index in [2.05, 4.69) is 21.9 Å². The van der Waals surface area contributed by atoms with E-state index in [1.54, 1.807) is 18.2 Å². The van der Waals surface area contributed by atoms with Gasteiger partial charge in [0, 0.05) is 38.7 Å². The molecule has 2 amide bonds. The van der Waals surface area contributed by atoms with Gasteiger partial charge in [-0.2, -0.15) is 0 Å². The minimum absolute atomic E-state index is 0.0472. The zero-order valence-corrected chi connectivity index (χ0v) is 28.0. The highest BCUT2D eigenvalue weighted by Gasteiger charge is 2.54. The van der Waals surface area contributed by atoms with Crippen LogP contribution in [0.25, 0.3) is 0 Å². The van der Waals surface area contributed by atoms with Crippen LogP contribution in [0.1, 0.15) is 76.7 Å². The van der Waals surface area contributed by atoms with E-state index in [0.717, 1.165) is 43.9 Å². The van der Waals surface area contributed by atoms with Crippen LogP contribution in [0, 0.1) is 0 Å². The molecule has 46 heavy (non-hydrogen) atoms. The molecule has 2 aliphatic heterocycles. The van der Waals surface area contributed by atoms with Crippen molar-refractivity contribution >= 4 is 27.5 Å². The maximum Gasteiger partial charge on any atom is 0.246 e. The molecule has 2 aromatic carbocycles. The van der Waals surface area contributed by atoms with Gasteiger partial charge in [-0.3, -0.25) is 19.2 Å². The molecule has 11 nitrogen and oxygen atoms in total. The molecule has 1 atom stereocenters. The number of nitrogens with zero attached hydrogens (tertiary/aromatic N) is 2. The van der Waals surface area contributed by atoms with E-state index >= 15 is 0 Å². The van der Waals surface area contributed by atoms with Crippen molar-refractivity contribution in [3.63, 3.8) is 0 Å². The van der Waals surface area contributed by atoms with Crippen molar-refractivity contribution in [1.82, 2.24) is 15.1 Å². The number of nitrogens with one attached hydrogen (secondary N) is 2. The Labute approximate surface area is 272 Å². The number of aliphatic hydroxyl groups is 1. The topological polar surface area (TPSA) is 138 Å². The van der Waals surface area contributed by atoms with Crippen molar-refractivity contribution in [2.45, 2.75) is 94.9 Å². The van der Waals surface area contributed by atoms with Gasteiger partial charge in [0.2, 0.25) is 21.8 Å². The van der Waals surface area contributed by atoms with Crippen molar-refractivity contribution in [3.8, 4) is 17.2 Å². The van der Waals surface area contributed by atoms with Gasteiger partial charge in [0.25, 0.3) is 0 Å². The van der Waals surface area contributed by atoms with Gasteiger partial charge in [0.1, 0.15) is 17.3 Å². The van der Waals surface area contributed by atoms with Gasteiger partial charge in [0.15, 0.2) is 11.5 Å². The molecule has 0 bridgehead atoms. The molecule has 5 rings (SSSR count). The van der Waals surface area contributed by atoms with E-state index in [-0.39, 0.29) is 11.8 Å². The minimum Gasteiger partial charge on any atom is -0.493 e. The van der Waals surface area contributed by atoms with Crippen LogP contribution in [-0.4, -0.2) is 85.3 Å². The van der Waals surface area contributed by atoms with E-state index in [9.17, 15) is 23.1 Å². The zero-order chi connectivity index (χ0) is 33.0. The second kappa shape index (κ2) is 14.2. The van der Waals surface area contributed by atoms with E-state index in [1.165, 1.54) is 7.11 Å². The fourth-order valence-corrected chi connectivity index (χ4v) is 7.66. The molecule has 2 heterocycles. The molecule has 1 aliphatic carbocycles. The molecule has 2 saturated heterocycles. The maximum atomic E-state index is 13.9. The molecule has 1 spiro atoms. The van der Waals surface area contributed by atoms with Gasteiger partial charge >= 0.3 is 0 Å². The zero-order valence-electron chi connectivity index (χ0n) is 27.2. The number of methoxy groups -OCH3 is 1. The van der Waals surface area contributed by atoms with Crippen LogP contribution in [0.2, 0.25) is 0 Å². The number of carbonyl (C=O) groups excluding carboxylic acids is 2. The summed E-state index contributed by atoms with van der Waals surface area (Å²) in [4.78, 5) is 31.8. The molecule has 0 radical (unpaired) electrons. The molecule has 2 aromatic rings. The average molecular weight is 657 g/mol. The highest BCUT2D eigenvalue weighted by molar-refractivity contribution is 7.92. The third-order valence-corrected chi connectivity index (χ3v) is 10.2. The highest BCUT2D eigenvalue weighted by atomic mass is 32.2. The summed E-state index contributed by atoms with van der Waals surface area (Å²) in [6, 6.07) is 11.9. The Morgan fingerprint density at radius 3 is 2.33 bits per heavy atom. The van der Waals surface area contributed by atoms with Crippen molar-refractivity contribution in [2.24, 2.45) is 0 Å². The van der Waals surface area contributed by atoms with Gasteiger partial charge in [-0.1, -0.05) is 44.7 Å². The van der Waals surface area contributed by atoms with Crippen molar-refractivity contribution in [3.05, 3.63) is 48.0 Å². The van der Waals surface area contributed by atoms with Crippen LogP contribution in [0.3, 0.4) is 0 Å². The first-order chi connectivity index (χ1) is 21.9. The standard InChI is InChI=1S/C34H48N4O7S/c1-4-5-19-38-31(39)28(23-33(41)15-7-6-8-16-33)35-32(40)34(38)17-20-37(21-18-34)24-25-9-12-27(13-10-25)45-29-14-11-26(22-30(29)44-2)36-46(3,42)43/h9-14,22,28,36,41H,4-8,15-21,23-24H2,1-3H3,(H,35,40)/t28-/m1/s1. The van der Waals surface area contributed by atoms with E-state index < -0.39 is 27.2 Å². The molecular weight excluding hydrogens is 608 g/mol. The number of benzene rings is 2. The lowest BCUT2D eigenvalue weighted by Gasteiger charge is -2.52. The molecule has 252 valence electrons. The fraction of sp³-hybridized carbons (Fsp3) is 0.588. The van der Waals surface area contributed by atoms with Crippen LogP contribution < -0.4 is 19.5 Å². The largest absolute Gasteiger partial charge is 0.493 e. The summed E-state index contributed by atoms with van der Waals surface area (Å²) in [6.07, 6.45) is 8.65. The van der Waals surface area contributed by atoms with Crippen LogP contribution in [-0.2, 0) is 26.2 Å². The number of anilines is 1. The van der Waals surface area contributed by atoms with Crippen LogP contribution >= 0.6 is 0 Å². The summed E-state index contributed by atoms with van der Waals surface area (Å²) < 4.78 is 37.0. The second-order valence-electron chi connectivity index (χ2n) is 13.2. The summed E-state index contributed by atoms with van der Waals surface area (Å²) in [6.45, 7) is 4.71. The number of likely N-dealkylation sites (tertiary alicyclic amines) is 1. The molecule has 3 fully saturated rings. The van der Waals surface area contributed by atoms with Crippen LogP contribution in [0.5, 0.6) is 17.2 Å². The Balaban J connectivity index is 1.20. The van der Waals surface area contributed by atoms with Gasteiger partial charge < -0.3 is 24.8 Å². The van der Waals surface area contributed by atoms with Gasteiger partial charge in [-0.15, -0.1) is 0 Å². The van der Waals surface area contributed by atoms with Gasteiger partial charge in [-0.25, -0.2) is 8.42 Å². The van der Waals surface area contributed by atoms with Crippen molar-refractivity contribution in [2.75, 3.05) is 37.7 Å². The first kappa shape index (κ1) is 34.0. The number of piperazine rings is 1. The Hall–Kier alpha value is -3.35. The normalized spacial score (nSPS) is 21.6. The summed E-state index contributed by atoms with van der Waals surface area (Å²) in [5.74, 6) is 1.34. The lowest BCUT2D eigenvalue weighted by Crippen LogP contribution is -2.73. The molecule has 3 N–H and O–H groups in total. The first-order valence-electron chi connectivity index (χ1n) is 16.4. The molecule has 3 aliphatic rings. The minimum atomic E-state index is -3.42. The number of ether oxygens (including phenoxy) is 2. The number of rotatable bonds is 12. The Morgan fingerprint density at radius 1 is 1.00 bits per heavy atom. The van der Waals surface area contributed by atoms with Gasteiger partial charge in [0.05, 0.1) is 24.7 Å². The quantitative estimate of drug-likeness (QED) is 0.306. The predicted molar refractivity (Wildman–Crippen MR) is 176 cm³/mol. The number of sulfonamides is 1. The van der Waals surface area contributed by atoms with E-state index in [0.29, 0.717) is 81.2 Å². The molecular formula is C34H48N4O7S. The Morgan fingerprint density at radius 2 is 1.70 bits per heavy atom. The van der Waals surface area contributed by atoms with E-state index in [1.807, 2.05) is 29.2 Å². The summed E-state index contributed by atoms with van der Waals surface area (Å²) in [5.41, 5.74) is -0.259. The number of unbranched alkanes of at least 4 members (excludes halogenated alkanes) is 1. The summed E-state index contributed by atoms with van der Waals surface area (Å²) >= 11 is 0.